The van der Waals surface area contributed by atoms with E-state index in [9.17, 15) is 0 Å². The molecule has 0 aliphatic rings. The second-order valence-electron chi connectivity index (χ2n) is 2.36. The van der Waals surface area contributed by atoms with Gasteiger partial charge >= 0.3 is 5.82 Å². The number of nitrogens with one attached hydrogen (secondary N) is 1. The first-order valence-corrected chi connectivity index (χ1v) is 4.08. The Bertz CT molecular complexity index is 438. The maximum absolute atomic E-state index is 5.95. The molecule has 1 N–H and O–H groups in total. The smallest absolute Gasteiger partial charge is 0.310 e. The van der Waals surface area contributed by atoms with Crippen LogP contribution in [0.5, 0.6) is 0 Å². The fraction of sp³-hybridized carbons (Fsp3) is 0.167. The molecule has 0 aliphatic carbocycles. The van der Waals surface area contributed by atoms with E-state index in [1.54, 1.807) is 6.33 Å². The van der Waals surface area contributed by atoms with E-state index in [0.29, 0.717) is 22.1 Å². The first-order valence-electron chi connectivity index (χ1n) is 3.30. The molecule has 0 saturated carbocycles. The molecule has 0 spiro atoms. The molecule has 6 heteroatoms. The number of aromatic nitrogens is 4. The third-order valence-corrected chi connectivity index (χ3v) is 2.55. The number of hydrogen-bond donors (Lipinski definition) is 2. The second kappa shape index (κ2) is 2.60. The lowest BCUT2D eigenvalue weighted by Gasteiger charge is -1.93. The average Bonchev–Trinajstić information content (AvgIpc) is 2.48. The number of aromatic amines is 1. The van der Waals surface area contributed by atoms with Crippen LogP contribution in [0.25, 0.3) is 11.2 Å². The average molecular weight is 202 g/mol. The largest absolute Gasteiger partial charge is 0.337 e. The van der Waals surface area contributed by atoms with E-state index in [1.807, 2.05) is 6.92 Å². The SMILES string of the molecule is Cc1nc2nc[nH]c2c(Cl)[n+]1S. The number of rotatable bonds is 0. The maximum Gasteiger partial charge on any atom is 0.310 e. The van der Waals surface area contributed by atoms with Gasteiger partial charge < -0.3 is 4.98 Å². The predicted molar refractivity (Wildman–Crippen MR) is 48.2 cm³/mol. The molecular weight excluding hydrogens is 196 g/mol. The van der Waals surface area contributed by atoms with Crippen molar-refractivity contribution in [3.8, 4) is 0 Å². The highest BCUT2D eigenvalue weighted by Crippen LogP contribution is 2.14. The van der Waals surface area contributed by atoms with E-state index in [-0.39, 0.29) is 0 Å². The summed E-state index contributed by atoms with van der Waals surface area (Å²) in [4.78, 5) is 11.0. The van der Waals surface area contributed by atoms with Gasteiger partial charge in [0.05, 0.1) is 6.33 Å². The maximum atomic E-state index is 5.95. The number of fused-ring (bicyclic) bond motifs is 1. The van der Waals surface area contributed by atoms with Crippen LogP contribution in [-0.2, 0) is 0 Å². The molecule has 0 fully saturated rings. The first-order chi connectivity index (χ1) is 5.70. The van der Waals surface area contributed by atoms with Crippen molar-refractivity contribution in [3.05, 3.63) is 17.3 Å². The lowest BCUT2D eigenvalue weighted by molar-refractivity contribution is -0.497. The van der Waals surface area contributed by atoms with Crippen molar-refractivity contribution in [1.82, 2.24) is 15.0 Å². The van der Waals surface area contributed by atoms with E-state index < -0.39 is 0 Å². The van der Waals surface area contributed by atoms with Crippen LogP contribution in [0, 0.1) is 6.92 Å². The molecule has 4 nitrogen and oxygen atoms in total. The lowest BCUT2D eigenvalue weighted by Crippen LogP contribution is -2.28. The fourth-order valence-electron chi connectivity index (χ4n) is 0.972. The summed E-state index contributed by atoms with van der Waals surface area (Å²) >= 11 is 10.1. The summed E-state index contributed by atoms with van der Waals surface area (Å²) in [5, 5.41) is 0.498. The molecule has 0 atom stereocenters. The number of imidazole rings is 1. The number of H-pyrrole nitrogens is 1. The minimum Gasteiger partial charge on any atom is -0.337 e. The van der Waals surface area contributed by atoms with Crippen molar-refractivity contribution in [2.24, 2.45) is 0 Å². The molecule has 0 radical (unpaired) electrons. The molecule has 0 saturated heterocycles. The minimum absolute atomic E-state index is 0.498. The van der Waals surface area contributed by atoms with Gasteiger partial charge in [-0.25, -0.2) is 0 Å². The van der Waals surface area contributed by atoms with Gasteiger partial charge in [-0.2, -0.15) is 8.96 Å². The molecule has 12 heavy (non-hydrogen) atoms. The zero-order valence-corrected chi connectivity index (χ0v) is 7.89. The van der Waals surface area contributed by atoms with Gasteiger partial charge in [0.25, 0.3) is 5.65 Å². The molecule has 62 valence electrons. The predicted octanol–water partition coefficient (Wildman–Crippen LogP) is 0.900. The van der Waals surface area contributed by atoms with Crippen LogP contribution in [0.3, 0.4) is 0 Å². The Balaban J connectivity index is 2.94. The van der Waals surface area contributed by atoms with E-state index in [1.165, 1.54) is 3.97 Å². The molecule has 0 amide bonds. The van der Waals surface area contributed by atoms with Gasteiger partial charge in [-0.05, 0) is 16.6 Å². The Morgan fingerprint density at radius 1 is 1.67 bits per heavy atom. The zero-order chi connectivity index (χ0) is 8.72. The molecule has 0 aromatic carbocycles. The Kier molecular flexibility index (Phi) is 1.69. The number of thiol groups is 1. The second-order valence-corrected chi connectivity index (χ2v) is 3.12. The van der Waals surface area contributed by atoms with Crippen LogP contribution in [-0.4, -0.2) is 15.0 Å². The van der Waals surface area contributed by atoms with Crippen LogP contribution >= 0.6 is 24.4 Å². The van der Waals surface area contributed by atoms with E-state index in [4.69, 9.17) is 11.6 Å². The zero-order valence-electron chi connectivity index (χ0n) is 6.24. The topological polar surface area (TPSA) is 45.5 Å². The Hall–Kier alpha value is -0.810. The van der Waals surface area contributed by atoms with Gasteiger partial charge in [0, 0.05) is 19.7 Å². The minimum atomic E-state index is 0.498. The van der Waals surface area contributed by atoms with Crippen molar-refractivity contribution < 1.29 is 3.97 Å². The van der Waals surface area contributed by atoms with Crippen molar-refractivity contribution in [2.45, 2.75) is 6.92 Å². The van der Waals surface area contributed by atoms with Gasteiger partial charge in [-0.3, -0.25) is 0 Å². The van der Waals surface area contributed by atoms with E-state index in [2.05, 4.69) is 27.8 Å². The van der Waals surface area contributed by atoms with Crippen molar-refractivity contribution in [3.63, 3.8) is 0 Å². The lowest BCUT2D eigenvalue weighted by atomic mass is 10.5. The Labute approximate surface area is 79.1 Å². The summed E-state index contributed by atoms with van der Waals surface area (Å²) < 4.78 is 1.50. The highest BCUT2D eigenvalue weighted by atomic mass is 35.5. The first kappa shape index (κ1) is 7.82. The summed E-state index contributed by atoms with van der Waals surface area (Å²) in [5.74, 6) is 0.711. The normalized spacial score (nSPS) is 10.9. The summed E-state index contributed by atoms with van der Waals surface area (Å²) in [6, 6.07) is 0. The molecule has 0 aliphatic heterocycles. The van der Waals surface area contributed by atoms with Crippen LogP contribution < -0.4 is 3.97 Å². The Morgan fingerprint density at radius 2 is 2.42 bits per heavy atom. The standard InChI is InChI=1S/C6H5ClN4S/c1-3-10-6-4(8-2-9-6)5(7)11(3)12/h2,12H,1H3/p+1. The molecule has 2 aromatic heterocycles. The fourth-order valence-corrected chi connectivity index (χ4v) is 1.38. The quantitative estimate of drug-likeness (QED) is 0.378. The van der Waals surface area contributed by atoms with Crippen molar-refractivity contribution >= 4 is 35.6 Å². The number of nitrogens with zero attached hydrogens (tertiary/aromatic N) is 3. The van der Waals surface area contributed by atoms with Gasteiger partial charge in [-0.1, -0.05) is 0 Å². The third kappa shape index (κ3) is 0.971. The van der Waals surface area contributed by atoms with Gasteiger partial charge in [-0.15, -0.1) is 0 Å². The van der Waals surface area contributed by atoms with Gasteiger partial charge in [0.1, 0.15) is 0 Å². The van der Waals surface area contributed by atoms with Crippen molar-refractivity contribution in [2.75, 3.05) is 0 Å². The van der Waals surface area contributed by atoms with Crippen LogP contribution in [0.1, 0.15) is 5.82 Å². The monoisotopic (exact) mass is 201 g/mol. The summed E-state index contributed by atoms with van der Waals surface area (Å²) in [6.45, 7) is 1.81. The molecule has 2 rings (SSSR count). The highest BCUT2D eigenvalue weighted by Gasteiger charge is 2.17. The van der Waals surface area contributed by atoms with Crippen molar-refractivity contribution in [1.29, 1.82) is 0 Å². The van der Waals surface area contributed by atoms with Gasteiger partial charge in [0.15, 0.2) is 5.52 Å². The van der Waals surface area contributed by atoms with E-state index in [0.717, 1.165) is 0 Å². The summed E-state index contributed by atoms with van der Waals surface area (Å²) in [7, 11) is 0. The van der Waals surface area contributed by atoms with Gasteiger partial charge in [0.2, 0.25) is 5.15 Å². The molecule has 2 aromatic rings. The van der Waals surface area contributed by atoms with Crippen LogP contribution in [0.15, 0.2) is 6.33 Å². The highest BCUT2D eigenvalue weighted by molar-refractivity contribution is 7.73. The number of aryl methyl sites for hydroxylation is 1. The molecular formula is C6H6ClN4S+. The summed E-state index contributed by atoms with van der Waals surface area (Å²) in [5.41, 5.74) is 1.32. The number of hydrogen-bond acceptors (Lipinski definition) is 3. The van der Waals surface area contributed by atoms with Crippen LogP contribution in [0.2, 0.25) is 5.15 Å². The van der Waals surface area contributed by atoms with E-state index >= 15 is 0 Å². The summed E-state index contributed by atoms with van der Waals surface area (Å²) in [6.07, 6.45) is 1.55. The molecule has 0 bridgehead atoms. The van der Waals surface area contributed by atoms with Crippen LogP contribution in [0.4, 0.5) is 0 Å². The third-order valence-electron chi connectivity index (χ3n) is 1.59. The molecule has 2 heterocycles. The Morgan fingerprint density at radius 3 is 3.17 bits per heavy atom. The number of halogens is 1. The molecule has 0 unspecified atom stereocenters.